The van der Waals surface area contributed by atoms with Crippen LogP contribution in [0.2, 0.25) is 0 Å². The van der Waals surface area contributed by atoms with Gasteiger partial charge in [0.15, 0.2) is 0 Å². The minimum absolute atomic E-state index is 0.0726. The van der Waals surface area contributed by atoms with Gasteiger partial charge in [-0.15, -0.1) is 11.3 Å². The molecule has 0 unspecified atom stereocenters. The first kappa shape index (κ1) is 19.1. The van der Waals surface area contributed by atoms with Gasteiger partial charge in [0.25, 0.3) is 5.91 Å². The first-order valence-electron chi connectivity index (χ1n) is 8.09. The number of carbonyl (C=O) groups is 1. The highest BCUT2D eigenvalue weighted by molar-refractivity contribution is 7.91. The molecule has 140 valence electrons. The molecule has 0 saturated heterocycles. The van der Waals surface area contributed by atoms with Crippen LogP contribution in [-0.2, 0) is 23.2 Å². The van der Waals surface area contributed by atoms with Crippen molar-refractivity contribution in [2.45, 2.75) is 17.4 Å². The number of hydrogen-bond donors (Lipinski definition) is 2. The fourth-order valence-electron chi connectivity index (χ4n) is 2.41. The van der Waals surface area contributed by atoms with E-state index in [1.165, 1.54) is 6.07 Å². The lowest BCUT2D eigenvalue weighted by Crippen LogP contribution is -2.24. The van der Waals surface area contributed by atoms with Crippen molar-refractivity contribution in [3.8, 4) is 5.75 Å². The van der Waals surface area contributed by atoms with Gasteiger partial charge in [-0.25, -0.2) is 13.6 Å². The van der Waals surface area contributed by atoms with Crippen LogP contribution in [0.25, 0.3) is 0 Å². The topological polar surface area (TPSA) is 98.5 Å². The van der Waals surface area contributed by atoms with Crippen LogP contribution in [0.3, 0.4) is 0 Å². The molecule has 6 nitrogen and oxygen atoms in total. The summed E-state index contributed by atoms with van der Waals surface area (Å²) in [7, 11) is -3.72. The summed E-state index contributed by atoms with van der Waals surface area (Å²) in [5.41, 5.74) is 1.27. The maximum Gasteiger partial charge on any atom is 0.251 e. The lowest BCUT2D eigenvalue weighted by Gasteiger charge is -2.11. The Bertz CT molecular complexity index is 1030. The number of nitrogens with two attached hydrogens (primary N) is 1. The summed E-state index contributed by atoms with van der Waals surface area (Å²) >= 11 is 1.04. The van der Waals surface area contributed by atoms with Crippen LogP contribution >= 0.6 is 11.3 Å². The van der Waals surface area contributed by atoms with Gasteiger partial charge in [-0.1, -0.05) is 36.4 Å². The van der Waals surface area contributed by atoms with Crippen LogP contribution in [0.5, 0.6) is 5.75 Å². The average Bonchev–Trinajstić information content (AvgIpc) is 3.15. The maximum atomic E-state index is 12.5. The molecule has 3 rings (SSSR count). The van der Waals surface area contributed by atoms with E-state index in [0.717, 1.165) is 22.6 Å². The van der Waals surface area contributed by atoms with Crippen LogP contribution < -0.4 is 15.2 Å². The predicted octanol–water partition coefficient (Wildman–Crippen LogP) is 2.90. The van der Waals surface area contributed by atoms with E-state index in [4.69, 9.17) is 9.88 Å². The number of carbonyl (C=O) groups excluding carboxylic acids is 1. The van der Waals surface area contributed by atoms with Crippen LogP contribution in [-0.4, -0.2) is 14.3 Å². The van der Waals surface area contributed by atoms with Crippen molar-refractivity contribution in [1.82, 2.24) is 5.32 Å². The molecule has 0 saturated carbocycles. The molecule has 0 aliphatic carbocycles. The fourth-order valence-corrected chi connectivity index (χ4v) is 4.13. The van der Waals surface area contributed by atoms with Gasteiger partial charge < -0.3 is 10.1 Å². The van der Waals surface area contributed by atoms with Crippen LogP contribution in [0.1, 0.15) is 20.8 Å². The largest absolute Gasteiger partial charge is 0.489 e. The zero-order valence-electron chi connectivity index (χ0n) is 14.3. The van der Waals surface area contributed by atoms with Crippen LogP contribution in [0.4, 0.5) is 0 Å². The smallest absolute Gasteiger partial charge is 0.251 e. The quantitative estimate of drug-likeness (QED) is 0.635. The Labute approximate surface area is 161 Å². The Kier molecular flexibility index (Phi) is 5.90. The molecular weight excluding hydrogens is 384 g/mol. The standard InChI is InChI=1S/C19H18N2O4S2/c20-27(23,24)18-11-10-16(26-18)12-21-19(22)17-9-5-4-6-14(17)13-25-15-7-2-1-3-8-15/h1-11H,12-13H2,(H,21,22)(H2,20,23,24). The monoisotopic (exact) mass is 402 g/mol. The molecule has 1 aromatic heterocycles. The Morgan fingerprint density at radius 1 is 1.00 bits per heavy atom. The van der Waals surface area contributed by atoms with Gasteiger partial charge in [-0.2, -0.15) is 0 Å². The molecule has 1 amide bonds. The lowest BCUT2D eigenvalue weighted by molar-refractivity contribution is 0.0948. The molecule has 0 spiro atoms. The first-order valence-corrected chi connectivity index (χ1v) is 10.5. The molecule has 0 fully saturated rings. The fraction of sp³-hybridized carbons (Fsp3) is 0.105. The minimum atomic E-state index is -3.72. The van der Waals surface area contributed by atoms with E-state index in [2.05, 4.69) is 5.32 Å². The van der Waals surface area contributed by atoms with E-state index in [-0.39, 0.29) is 23.3 Å². The highest BCUT2D eigenvalue weighted by Gasteiger charge is 2.14. The number of sulfonamides is 1. The van der Waals surface area contributed by atoms with Gasteiger partial charge in [0.1, 0.15) is 16.6 Å². The Hall–Kier alpha value is -2.68. The predicted molar refractivity (Wildman–Crippen MR) is 104 cm³/mol. The summed E-state index contributed by atoms with van der Waals surface area (Å²) in [5, 5.41) is 7.90. The number of benzene rings is 2. The third-order valence-electron chi connectivity index (χ3n) is 3.74. The molecule has 0 atom stereocenters. The van der Waals surface area contributed by atoms with E-state index in [1.807, 2.05) is 42.5 Å². The van der Waals surface area contributed by atoms with Crippen molar-refractivity contribution in [2.75, 3.05) is 0 Å². The lowest BCUT2D eigenvalue weighted by atomic mass is 10.1. The molecule has 0 bridgehead atoms. The summed E-state index contributed by atoms with van der Waals surface area (Å²) in [6, 6.07) is 19.6. The van der Waals surface area contributed by atoms with E-state index in [1.54, 1.807) is 18.2 Å². The maximum absolute atomic E-state index is 12.5. The molecule has 2 aromatic carbocycles. The normalized spacial score (nSPS) is 11.1. The van der Waals surface area contributed by atoms with Crippen LogP contribution in [0.15, 0.2) is 70.9 Å². The number of hydrogen-bond acceptors (Lipinski definition) is 5. The average molecular weight is 402 g/mol. The van der Waals surface area contributed by atoms with E-state index in [9.17, 15) is 13.2 Å². The van der Waals surface area contributed by atoms with Crippen molar-refractivity contribution in [3.63, 3.8) is 0 Å². The molecule has 1 heterocycles. The molecule has 0 radical (unpaired) electrons. The van der Waals surface area contributed by atoms with Gasteiger partial charge in [-0.05, 0) is 30.3 Å². The van der Waals surface area contributed by atoms with E-state index >= 15 is 0 Å². The molecule has 3 aromatic rings. The molecule has 0 aliphatic rings. The second-order valence-electron chi connectivity index (χ2n) is 5.71. The Morgan fingerprint density at radius 3 is 2.41 bits per heavy atom. The third-order valence-corrected chi connectivity index (χ3v) is 6.26. The summed E-state index contributed by atoms with van der Waals surface area (Å²) in [6.07, 6.45) is 0. The number of amides is 1. The van der Waals surface area contributed by atoms with Crippen molar-refractivity contribution < 1.29 is 17.9 Å². The summed E-state index contributed by atoms with van der Waals surface area (Å²) < 4.78 is 28.5. The minimum Gasteiger partial charge on any atom is -0.489 e. The molecule has 3 N–H and O–H groups in total. The summed E-state index contributed by atoms with van der Waals surface area (Å²) in [5.74, 6) is 0.467. The molecule has 27 heavy (non-hydrogen) atoms. The van der Waals surface area contributed by atoms with Crippen molar-refractivity contribution in [1.29, 1.82) is 0 Å². The van der Waals surface area contributed by atoms with E-state index in [0.29, 0.717) is 10.4 Å². The number of para-hydroxylation sites is 1. The first-order chi connectivity index (χ1) is 12.9. The molecular formula is C19H18N2O4S2. The van der Waals surface area contributed by atoms with Crippen molar-refractivity contribution >= 4 is 27.3 Å². The van der Waals surface area contributed by atoms with Crippen molar-refractivity contribution in [3.05, 3.63) is 82.7 Å². The molecule has 0 aliphatic heterocycles. The van der Waals surface area contributed by atoms with E-state index < -0.39 is 10.0 Å². The second kappa shape index (κ2) is 8.34. The molecule has 8 heteroatoms. The second-order valence-corrected chi connectivity index (χ2v) is 8.66. The third kappa shape index (κ3) is 5.16. The zero-order chi connectivity index (χ0) is 19.3. The SMILES string of the molecule is NS(=O)(=O)c1ccc(CNC(=O)c2ccccc2COc2ccccc2)s1. The van der Waals surface area contributed by atoms with Crippen LogP contribution in [0, 0.1) is 0 Å². The number of thiophene rings is 1. The van der Waals surface area contributed by atoms with Gasteiger partial charge >= 0.3 is 0 Å². The number of nitrogens with one attached hydrogen (secondary N) is 1. The number of ether oxygens (including phenoxy) is 1. The Morgan fingerprint density at radius 2 is 1.70 bits per heavy atom. The zero-order valence-corrected chi connectivity index (χ0v) is 15.9. The van der Waals surface area contributed by atoms with Gasteiger partial charge in [0.2, 0.25) is 10.0 Å². The summed E-state index contributed by atoms with van der Waals surface area (Å²) in [4.78, 5) is 13.2. The van der Waals surface area contributed by atoms with Gasteiger partial charge in [0, 0.05) is 16.0 Å². The number of rotatable bonds is 7. The number of primary sulfonamides is 1. The van der Waals surface area contributed by atoms with Gasteiger partial charge in [0.05, 0.1) is 6.54 Å². The van der Waals surface area contributed by atoms with Crippen molar-refractivity contribution in [2.24, 2.45) is 5.14 Å². The van der Waals surface area contributed by atoms with Gasteiger partial charge in [-0.3, -0.25) is 4.79 Å². The highest BCUT2D eigenvalue weighted by Crippen LogP contribution is 2.20. The Balaban J connectivity index is 1.65. The highest BCUT2D eigenvalue weighted by atomic mass is 32.2. The summed E-state index contributed by atoms with van der Waals surface area (Å²) in [6.45, 7) is 0.481.